The molecule has 2 aromatic heterocycles. The Morgan fingerprint density at radius 3 is 2.55 bits per heavy atom. The molecule has 13 nitrogen and oxygen atoms in total. The van der Waals surface area contributed by atoms with Crippen LogP contribution in [0.25, 0.3) is 22.3 Å². The molecular weight excluding hydrogens is 670 g/mol. The fourth-order valence-corrected chi connectivity index (χ4v) is 5.35. The maximum Gasteiger partial charge on any atom is 0.514 e. The van der Waals surface area contributed by atoms with Crippen molar-refractivity contribution >= 4 is 24.8 Å². The molecule has 0 saturated carbocycles. The third kappa shape index (κ3) is 7.63. The molecule has 1 saturated heterocycles. The Morgan fingerprint density at radius 1 is 1.00 bits per heavy atom. The first-order valence-corrected chi connectivity index (χ1v) is 15.9. The van der Waals surface area contributed by atoms with Crippen LogP contribution in [0.15, 0.2) is 66.7 Å². The SMILES string of the molecule is COCCn1c(Cc2cc(F)c(-c3cccc(OCc4ccc(C#N)cc4F)n3)cc2F)nc2ccc(C(=O)OCOP3(=O)ONO3)cc21. The Bertz CT molecular complexity index is 2130. The van der Waals surface area contributed by atoms with E-state index in [0.717, 1.165) is 18.2 Å². The maximum absolute atomic E-state index is 15.6. The number of halogens is 3. The standard InChI is InChI=1S/C32H25F3N5O8P/c1-43-10-9-40-29-13-20(32(41)45-18-46-49(42)47-39-48-49)7-8-28(29)37-30(40)14-22-12-26(35)23(15-25(22)34)27-3-2-4-31(38-27)44-17-21-6-5-19(16-36)11-24(21)33/h2-8,11-13,15,39H,9-10,14,17-18H2,1H3. The molecule has 17 heteroatoms. The number of hydrogen-bond acceptors (Lipinski definition) is 12. The number of aromatic nitrogens is 3. The van der Waals surface area contributed by atoms with Crippen molar-refractivity contribution in [3.05, 3.63) is 112 Å². The van der Waals surface area contributed by atoms with E-state index in [1.807, 2.05) is 11.7 Å². The molecule has 3 aromatic carbocycles. The number of nitriles is 1. The van der Waals surface area contributed by atoms with Crippen LogP contribution in [0.4, 0.5) is 13.2 Å². The number of rotatable bonds is 13. The fourth-order valence-electron chi connectivity index (χ4n) is 4.87. The van der Waals surface area contributed by atoms with Gasteiger partial charge in [-0.1, -0.05) is 17.8 Å². The molecule has 252 valence electrons. The van der Waals surface area contributed by atoms with Gasteiger partial charge in [-0.25, -0.2) is 37.0 Å². The van der Waals surface area contributed by atoms with Gasteiger partial charge >= 0.3 is 13.8 Å². The highest BCUT2D eigenvalue weighted by atomic mass is 31.2. The van der Waals surface area contributed by atoms with Crippen molar-refractivity contribution in [2.45, 2.75) is 19.6 Å². The number of nitrogens with zero attached hydrogens (tertiary/aromatic N) is 4. The predicted octanol–water partition coefficient (Wildman–Crippen LogP) is 5.91. The van der Waals surface area contributed by atoms with E-state index in [0.29, 0.717) is 16.9 Å². The van der Waals surface area contributed by atoms with Gasteiger partial charge in [0.1, 0.15) is 29.9 Å². The van der Waals surface area contributed by atoms with Crippen LogP contribution in [0, 0.1) is 28.8 Å². The second-order valence-corrected chi connectivity index (χ2v) is 12.0. The van der Waals surface area contributed by atoms with E-state index < -0.39 is 38.0 Å². The molecule has 6 rings (SSSR count). The number of ether oxygens (including phenoxy) is 3. The van der Waals surface area contributed by atoms with Crippen LogP contribution in [-0.4, -0.2) is 41.0 Å². The Balaban J connectivity index is 1.20. The van der Waals surface area contributed by atoms with E-state index in [1.54, 1.807) is 16.7 Å². The average molecular weight is 696 g/mol. The minimum absolute atomic E-state index is 0.0144. The number of pyridine rings is 1. The van der Waals surface area contributed by atoms with Gasteiger partial charge in [-0.15, -0.1) is 0 Å². The normalized spacial score (nSPS) is 13.5. The summed E-state index contributed by atoms with van der Waals surface area (Å²) in [5.74, 6) is -2.44. The highest BCUT2D eigenvalue weighted by Crippen LogP contribution is 2.53. The van der Waals surface area contributed by atoms with Crippen LogP contribution < -0.4 is 10.4 Å². The first-order chi connectivity index (χ1) is 23.7. The monoisotopic (exact) mass is 695 g/mol. The van der Waals surface area contributed by atoms with Crippen LogP contribution in [0.3, 0.4) is 0 Å². The lowest BCUT2D eigenvalue weighted by Gasteiger charge is -2.23. The molecule has 1 aliphatic rings. The zero-order valence-corrected chi connectivity index (χ0v) is 26.4. The van der Waals surface area contributed by atoms with Gasteiger partial charge in [0, 0.05) is 37.3 Å². The number of benzene rings is 3. The van der Waals surface area contributed by atoms with Crippen LogP contribution in [0.2, 0.25) is 0 Å². The van der Waals surface area contributed by atoms with Gasteiger partial charge in [0.15, 0.2) is 0 Å². The van der Waals surface area contributed by atoms with Gasteiger partial charge in [-0.3, -0.25) is 0 Å². The molecule has 0 bridgehead atoms. The van der Waals surface area contributed by atoms with Crippen LogP contribution in [0.1, 0.15) is 32.9 Å². The highest BCUT2D eigenvalue weighted by Gasteiger charge is 2.38. The van der Waals surface area contributed by atoms with Gasteiger partial charge < -0.3 is 18.8 Å². The number of fused-ring (bicyclic) bond motifs is 1. The fraction of sp³-hybridized carbons (Fsp3) is 0.188. The summed E-state index contributed by atoms with van der Waals surface area (Å²) in [6.07, 6.45) is -0.106. The van der Waals surface area contributed by atoms with E-state index in [-0.39, 0.29) is 65.6 Å². The van der Waals surface area contributed by atoms with Crippen molar-refractivity contribution in [3.63, 3.8) is 0 Å². The second-order valence-electron chi connectivity index (χ2n) is 10.4. The third-order valence-electron chi connectivity index (χ3n) is 7.32. The van der Waals surface area contributed by atoms with Gasteiger partial charge in [-0.2, -0.15) is 14.5 Å². The Kier molecular flexibility index (Phi) is 10.0. The number of imidazole rings is 1. The van der Waals surface area contributed by atoms with Crippen LogP contribution in [-0.2, 0) is 47.4 Å². The number of carbonyl (C=O) groups is 1. The Labute approximate surface area is 276 Å². The summed E-state index contributed by atoms with van der Waals surface area (Å²) in [7, 11) is -2.28. The van der Waals surface area contributed by atoms with Gasteiger partial charge in [0.2, 0.25) is 12.7 Å². The summed E-state index contributed by atoms with van der Waals surface area (Å²) in [4.78, 5) is 21.5. The molecule has 3 heterocycles. The molecule has 5 aromatic rings. The van der Waals surface area contributed by atoms with E-state index in [1.165, 1.54) is 43.5 Å². The molecule has 0 radical (unpaired) electrons. The molecule has 0 unspecified atom stereocenters. The number of esters is 1. The van der Waals surface area contributed by atoms with Crippen molar-refractivity contribution in [1.29, 1.82) is 5.26 Å². The quantitative estimate of drug-likeness (QED) is 0.0884. The van der Waals surface area contributed by atoms with Gasteiger partial charge in [-0.05, 0) is 54.1 Å². The summed E-state index contributed by atoms with van der Waals surface area (Å²) in [6, 6.07) is 17.0. The lowest BCUT2D eigenvalue weighted by Crippen LogP contribution is -2.26. The van der Waals surface area contributed by atoms with Crippen LogP contribution >= 0.6 is 7.82 Å². The van der Waals surface area contributed by atoms with Crippen molar-refractivity contribution < 1.29 is 50.5 Å². The van der Waals surface area contributed by atoms with Crippen molar-refractivity contribution in [1.82, 2.24) is 20.2 Å². The van der Waals surface area contributed by atoms with Crippen molar-refractivity contribution in [2.75, 3.05) is 20.5 Å². The molecule has 1 fully saturated rings. The first-order valence-electron chi connectivity index (χ1n) is 14.4. The first kappa shape index (κ1) is 33.7. The molecule has 0 amide bonds. The number of nitrogens with one attached hydrogen (secondary N) is 1. The highest BCUT2D eigenvalue weighted by molar-refractivity contribution is 7.49. The molecule has 0 aliphatic carbocycles. The summed E-state index contributed by atoms with van der Waals surface area (Å²) in [6.45, 7) is -0.366. The zero-order chi connectivity index (χ0) is 34.5. The summed E-state index contributed by atoms with van der Waals surface area (Å²) in [5, 5.41) is 8.92. The third-order valence-corrected chi connectivity index (χ3v) is 8.34. The number of carbonyl (C=O) groups excluding carboxylic acids is 1. The Morgan fingerprint density at radius 2 is 1.82 bits per heavy atom. The lowest BCUT2D eigenvalue weighted by atomic mass is 10.0. The zero-order valence-electron chi connectivity index (χ0n) is 25.5. The average Bonchev–Trinajstić information content (AvgIpc) is 3.43. The van der Waals surface area contributed by atoms with E-state index in [2.05, 4.69) is 19.2 Å². The summed E-state index contributed by atoms with van der Waals surface area (Å²) in [5.41, 5.74) is 3.30. The predicted molar refractivity (Wildman–Crippen MR) is 164 cm³/mol. The summed E-state index contributed by atoms with van der Waals surface area (Å²) >= 11 is 0. The molecular formula is C32H25F3N5O8P. The van der Waals surface area contributed by atoms with E-state index >= 15 is 8.78 Å². The molecule has 1 N–H and O–H groups in total. The van der Waals surface area contributed by atoms with E-state index in [9.17, 15) is 13.8 Å². The smallest absolute Gasteiger partial charge is 0.473 e. The van der Waals surface area contributed by atoms with Crippen LogP contribution in [0.5, 0.6) is 5.88 Å². The molecule has 49 heavy (non-hydrogen) atoms. The van der Waals surface area contributed by atoms with Gasteiger partial charge in [0.05, 0.1) is 40.5 Å². The minimum Gasteiger partial charge on any atom is -0.473 e. The largest absolute Gasteiger partial charge is 0.514 e. The second kappa shape index (κ2) is 14.5. The van der Waals surface area contributed by atoms with E-state index in [4.69, 9.17) is 24.0 Å². The number of phosphoric acid groups is 1. The number of hydrogen-bond donors (Lipinski definition) is 1. The lowest BCUT2D eigenvalue weighted by molar-refractivity contribution is -0.162. The molecule has 1 aliphatic heterocycles. The topological polar surface area (TPSA) is 156 Å². The Hall–Kier alpha value is -5.14. The number of methoxy groups -OCH3 is 1. The van der Waals surface area contributed by atoms with Crippen molar-refractivity contribution in [3.8, 4) is 23.2 Å². The molecule has 0 atom stereocenters. The summed E-state index contributed by atoms with van der Waals surface area (Å²) < 4.78 is 88.1. The van der Waals surface area contributed by atoms with Crippen molar-refractivity contribution in [2.24, 2.45) is 0 Å². The minimum atomic E-state index is -3.78. The maximum atomic E-state index is 15.6. The molecule has 0 spiro atoms. The van der Waals surface area contributed by atoms with Gasteiger partial charge in [0.25, 0.3) is 0 Å².